The molecule has 0 aliphatic carbocycles. The van der Waals surface area contributed by atoms with Crippen molar-refractivity contribution in [3.05, 3.63) is 91.7 Å². The van der Waals surface area contributed by atoms with Gasteiger partial charge in [0.15, 0.2) is 11.6 Å². The molecular weight excluding hydrogens is 592 g/mol. The molecule has 0 saturated carbocycles. The number of halogens is 5. The van der Waals surface area contributed by atoms with Crippen molar-refractivity contribution in [1.82, 2.24) is 19.3 Å². The summed E-state index contributed by atoms with van der Waals surface area (Å²) in [6.45, 7) is 0. The van der Waals surface area contributed by atoms with E-state index in [-0.39, 0.29) is 55.8 Å². The van der Waals surface area contributed by atoms with Gasteiger partial charge in [-0.15, -0.1) is 0 Å². The van der Waals surface area contributed by atoms with Gasteiger partial charge in [-0.1, -0.05) is 23.2 Å². The molecule has 0 spiro atoms. The minimum Gasteiger partial charge on any atom is -0.321 e. The lowest BCUT2D eigenvalue weighted by atomic mass is 10.0. The minimum absolute atomic E-state index is 0.0475. The molecular formula is C25H19Cl2F3N6O3S. The molecule has 0 fully saturated rings. The van der Waals surface area contributed by atoms with Gasteiger partial charge in [0, 0.05) is 13.1 Å². The molecule has 3 N–H and O–H groups in total. The van der Waals surface area contributed by atoms with E-state index in [0.29, 0.717) is 6.07 Å². The van der Waals surface area contributed by atoms with Crippen molar-refractivity contribution in [3.63, 3.8) is 0 Å². The third-order valence-electron chi connectivity index (χ3n) is 6.10. The largest absolute Gasteiger partial charge is 0.321 e. The lowest BCUT2D eigenvalue weighted by molar-refractivity contribution is 0.572. The Kier molecular flexibility index (Phi) is 7.03. The number of sulfonamides is 1. The average molecular weight is 611 g/mol. The Bertz CT molecular complexity index is 1990. The van der Waals surface area contributed by atoms with Crippen LogP contribution in [0.5, 0.6) is 0 Å². The van der Waals surface area contributed by atoms with Gasteiger partial charge < -0.3 is 5.73 Å². The number of hydrogen-bond acceptors (Lipinski definition) is 6. The Morgan fingerprint density at radius 3 is 2.33 bits per heavy atom. The van der Waals surface area contributed by atoms with Crippen LogP contribution >= 0.6 is 23.2 Å². The fourth-order valence-electron chi connectivity index (χ4n) is 4.57. The van der Waals surface area contributed by atoms with Crippen molar-refractivity contribution in [1.29, 1.82) is 0 Å². The van der Waals surface area contributed by atoms with E-state index < -0.39 is 44.5 Å². The number of fused-ring (bicyclic) bond motifs is 2. The molecule has 3 aromatic carbocycles. The van der Waals surface area contributed by atoms with Crippen molar-refractivity contribution in [2.75, 3.05) is 11.0 Å². The molecule has 5 rings (SSSR count). The first-order chi connectivity index (χ1) is 18.7. The third-order valence-corrected chi connectivity index (χ3v) is 7.27. The second-order valence-corrected chi connectivity index (χ2v) is 11.7. The van der Waals surface area contributed by atoms with E-state index in [1.54, 1.807) is 0 Å². The number of rotatable bonds is 6. The van der Waals surface area contributed by atoms with Gasteiger partial charge in [0.2, 0.25) is 10.0 Å². The summed E-state index contributed by atoms with van der Waals surface area (Å²) in [7, 11) is -2.28. The van der Waals surface area contributed by atoms with Crippen molar-refractivity contribution in [3.8, 4) is 5.69 Å². The molecule has 1 atom stereocenters. The van der Waals surface area contributed by atoms with Gasteiger partial charge in [0.1, 0.15) is 22.8 Å². The van der Waals surface area contributed by atoms with Crippen molar-refractivity contribution in [2.24, 2.45) is 12.8 Å². The molecule has 15 heteroatoms. The smallest absolute Gasteiger partial charge is 0.269 e. The zero-order valence-electron chi connectivity index (χ0n) is 20.7. The van der Waals surface area contributed by atoms with Gasteiger partial charge >= 0.3 is 0 Å². The van der Waals surface area contributed by atoms with Gasteiger partial charge in [-0.3, -0.25) is 18.8 Å². The average Bonchev–Trinajstić information content (AvgIpc) is 3.16. The first-order valence-electron chi connectivity index (χ1n) is 11.5. The summed E-state index contributed by atoms with van der Waals surface area (Å²) in [6.07, 6.45) is 0.785. The first kappa shape index (κ1) is 27.9. The zero-order valence-corrected chi connectivity index (χ0v) is 23.0. The molecule has 0 radical (unpaired) electrons. The van der Waals surface area contributed by atoms with Crippen LogP contribution in [0.2, 0.25) is 10.0 Å². The zero-order chi connectivity index (χ0) is 29.1. The predicted molar refractivity (Wildman–Crippen MR) is 147 cm³/mol. The van der Waals surface area contributed by atoms with Crippen LogP contribution in [-0.2, 0) is 23.5 Å². The van der Waals surface area contributed by atoms with Crippen LogP contribution in [0.25, 0.3) is 27.5 Å². The molecule has 2 aromatic heterocycles. The number of nitrogens with zero attached hydrogens (tertiary/aromatic N) is 4. The SMILES string of the molecule is Cn1nc(NS(C)(=O)=O)c2c(Cl)ccc(-n3c([C@@H](N)Cc4cc(F)cc(F)c4)nc4ccc(Cl)c(F)c4c3=O)c21. The number of nitrogens with two attached hydrogens (primary N) is 1. The van der Waals surface area contributed by atoms with Crippen LogP contribution in [0.4, 0.5) is 19.0 Å². The lowest BCUT2D eigenvalue weighted by Gasteiger charge is -2.20. The maximum atomic E-state index is 15.2. The molecule has 0 saturated heterocycles. The number of aromatic nitrogens is 4. The molecule has 0 unspecified atom stereocenters. The van der Waals surface area contributed by atoms with Crippen LogP contribution in [-0.4, -0.2) is 34.0 Å². The second-order valence-electron chi connectivity index (χ2n) is 9.09. The Balaban J connectivity index is 1.84. The normalized spacial score (nSPS) is 12.8. The number of nitrogens with one attached hydrogen (secondary N) is 1. The minimum atomic E-state index is -3.77. The van der Waals surface area contributed by atoms with E-state index in [1.807, 2.05) is 0 Å². The van der Waals surface area contributed by atoms with E-state index in [2.05, 4.69) is 14.8 Å². The Labute approximate surface area is 235 Å². The summed E-state index contributed by atoms with van der Waals surface area (Å²) >= 11 is 12.4. The molecule has 208 valence electrons. The van der Waals surface area contributed by atoms with E-state index in [9.17, 15) is 22.0 Å². The fourth-order valence-corrected chi connectivity index (χ4v) is 5.46. The van der Waals surface area contributed by atoms with Crippen LogP contribution in [0.15, 0.2) is 47.3 Å². The summed E-state index contributed by atoms with van der Waals surface area (Å²) in [5.41, 5.74) is 6.00. The quantitative estimate of drug-likeness (QED) is 0.289. The third kappa shape index (κ3) is 5.01. The van der Waals surface area contributed by atoms with E-state index in [0.717, 1.165) is 23.0 Å². The number of anilines is 1. The molecule has 5 aromatic rings. The van der Waals surface area contributed by atoms with Gasteiger partial charge in [0.25, 0.3) is 5.56 Å². The van der Waals surface area contributed by atoms with Gasteiger partial charge in [0.05, 0.1) is 44.4 Å². The fraction of sp³-hybridized carbons (Fsp3) is 0.160. The van der Waals surface area contributed by atoms with Crippen molar-refractivity contribution in [2.45, 2.75) is 12.5 Å². The molecule has 0 bridgehead atoms. The second kappa shape index (κ2) is 10.1. The van der Waals surface area contributed by atoms with Crippen LogP contribution in [0.1, 0.15) is 17.4 Å². The Morgan fingerprint density at radius 2 is 1.68 bits per heavy atom. The van der Waals surface area contributed by atoms with Gasteiger partial charge in [-0.25, -0.2) is 26.6 Å². The summed E-state index contributed by atoms with van der Waals surface area (Å²) in [6, 6.07) is 7.19. The highest BCUT2D eigenvalue weighted by Crippen LogP contribution is 2.35. The van der Waals surface area contributed by atoms with E-state index >= 15 is 4.39 Å². The van der Waals surface area contributed by atoms with Gasteiger partial charge in [-0.05, 0) is 48.4 Å². The molecule has 40 heavy (non-hydrogen) atoms. The molecule has 2 heterocycles. The maximum absolute atomic E-state index is 15.2. The van der Waals surface area contributed by atoms with Gasteiger partial charge in [-0.2, -0.15) is 5.10 Å². The predicted octanol–water partition coefficient (Wildman–Crippen LogP) is 4.61. The summed E-state index contributed by atoms with van der Waals surface area (Å²) in [5, 5.41) is 3.72. The summed E-state index contributed by atoms with van der Waals surface area (Å²) in [5.74, 6) is -2.83. The van der Waals surface area contributed by atoms with Crippen LogP contribution < -0.4 is 16.0 Å². The van der Waals surface area contributed by atoms with Crippen molar-refractivity contribution < 1.29 is 21.6 Å². The summed E-state index contributed by atoms with van der Waals surface area (Å²) in [4.78, 5) is 18.4. The molecule has 0 amide bonds. The number of aryl methyl sites for hydroxylation is 1. The highest BCUT2D eigenvalue weighted by Gasteiger charge is 2.26. The van der Waals surface area contributed by atoms with E-state index in [4.69, 9.17) is 28.9 Å². The number of hydrogen-bond donors (Lipinski definition) is 2. The standard InChI is InChI=1S/C25H19Cl2F3N6O3S/c1-35-22-18(6-4-14(26)19(22)23(33-35)34-40(2,38)39)36-24(16(31)9-11-7-12(28)10-13(29)8-11)32-17-5-3-15(27)21(30)20(17)25(36)37/h3-8,10,16H,9,31H2,1-2H3,(H,33,34)/t16-/m0/s1. The highest BCUT2D eigenvalue weighted by atomic mass is 35.5. The van der Waals surface area contributed by atoms with Crippen LogP contribution in [0.3, 0.4) is 0 Å². The maximum Gasteiger partial charge on any atom is 0.269 e. The van der Waals surface area contributed by atoms with Crippen LogP contribution in [0, 0.1) is 17.5 Å². The monoisotopic (exact) mass is 610 g/mol. The summed E-state index contributed by atoms with van der Waals surface area (Å²) < 4.78 is 71.4. The Hall–Kier alpha value is -3.65. The van der Waals surface area contributed by atoms with Crippen molar-refractivity contribution >= 4 is 60.8 Å². The number of benzene rings is 3. The Morgan fingerprint density at radius 1 is 1.02 bits per heavy atom. The topological polar surface area (TPSA) is 125 Å². The molecule has 9 nitrogen and oxygen atoms in total. The molecule has 0 aliphatic heterocycles. The molecule has 0 aliphatic rings. The first-order valence-corrected chi connectivity index (χ1v) is 14.1. The lowest BCUT2D eigenvalue weighted by Crippen LogP contribution is -2.30. The van der Waals surface area contributed by atoms with E-state index in [1.165, 1.54) is 36.0 Å². The highest BCUT2D eigenvalue weighted by molar-refractivity contribution is 7.92.